The van der Waals surface area contributed by atoms with Crippen LogP contribution in [0.15, 0.2) is 76.4 Å². The summed E-state index contributed by atoms with van der Waals surface area (Å²) in [6, 6.07) is 21.6. The van der Waals surface area contributed by atoms with Gasteiger partial charge >= 0.3 is 0 Å². The third-order valence-electron chi connectivity index (χ3n) is 5.07. The van der Waals surface area contributed by atoms with Gasteiger partial charge in [0.2, 0.25) is 5.91 Å². The molecule has 0 spiro atoms. The standard InChI is InChI=1S/C25H22BrClN4OS/c1-3-17-5-11-20(12-6-17)31-24(18-7-9-19(27)10-8-18)29-30-25(31)33-15-23(32)28-22-13-4-16(2)14-21(22)26/h4-14H,3,15H2,1-2H3,(H,28,32). The van der Waals surface area contributed by atoms with Gasteiger partial charge < -0.3 is 5.32 Å². The third kappa shape index (κ3) is 5.66. The molecule has 0 unspecified atom stereocenters. The molecule has 8 heteroatoms. The van der Waals surface area contributed by atoms with E-state index in [1.165, 1.54) is 17.3 Å². The normalized spacial score (nSPS) is 10.9. The summed E-state index contributed by atoms with van der Waals surface area (Å²) in [4.78, 5) is 12.6. The fraction of sp³-hybridized carbons (Fsp3) is 0.160. The highest BCUT2D eigenvalue weighted by molar-refractivity contribution is 9.10. The van der Waals surface area contributed by atoms with Crippen molar-refractivity contribution in [1.82, 2.24) is 14.8 Å². The van der Waals surface area contributed by atoms with E-state index < -0.39 is 0 Å². The Balaban J connectivity index is 1.60. The number of halogens is 2. The number of aryl methyl sites for hydroxylation is 2. The second-order valence-corrected chi connectivity index (χ2v) is 9.72. The SMILES string of the molecule is CCc1ccc(-n2c(SCC(=O)Nc3ccc(C)cc3Br)nnc2-c2ccc(Cl)cc2)cc1. The Morgan fingerprint density at radius 2 is 1.79 bits per heavy atom. The van der Waals surface area contributed by atoms with Crippen LogP contribution >= 0.6 is 39.3 Å². The number of carbonyl (C=O) groups is 1. The van der Waals surface area contributed by atoms with Crippen molar-refractivity contribution in [2.45, 2.75) is 25.4 Å². The van der Waals surface area contributed by atoms with Crippen molar-refractivity contribution in [3.8, 4) is 17.1 Å². The van der Waals surface area contributed by atoms with E-state index in [1.54, 1.807) is 0 Å². The van der Waals surface area contributed by atoms with Crippen molar-refractivity contribution in [2.24, 2.45) is 0 Å². The Morgan fingerprint density at radius 1 is 1.06 bits per heavy atom. The molecule has 0 bridgehead atoms. The Labute approximate surface area is 210 Å². The molecule has 4 rings (SSSR count). The molecule has 0 aliphatic carbocycles. The number of hydrogen-bond acceptors (Lipinski definition) is 4. The lowest BCUT2D eigenvalue weighted by Crippen LogP contribution is -2.15. The fourth-order valence-corrected chi connectivity index (χ4v) is 4.77. The number of hydrogen-bond donors (Lipinski definition) is 1. The summed E-state index contributed by atoms with van der Waals surface area (Å²) in [5.74, 6) is 0.778. The first kappa shape index (κ1) is 23.5. The molecule has 0 fully saturated rings. The Kier molecular flexibility index (Phi) is 7.53. The summed E-state index contributed by atoms with van der Waals surface area (Å²) in [6.45, 7) is 4.13. The van der Waals surface area contributed by atoms with Crippen LogP contribution in [0.25, 0.3) is 17.1 Å². The molecule has 1 amide bonds. The van der Waals surface area contributed by atoms with Crippen molar-refractivity contribution >= 4 is 50.9 Å². The van der Waals surface area contributed by atoms with Crippen LogP contribution in [0.2, 0.25) is 5.02 Å². The Morgan fingerprint density at radius 3 is 2.45 bits per heavy atom. The molecule has 3 aromatic carbocycles. The van der Waals surface area contributed by atoms with Gasteiger partial charge in [-0.05, 0) is 88.9 Å². The van der Waals surface area contributed by atoms with Crippen LogP contribution in [0.3, 0.4) is 0 Å². The maximum atomic E-state index is 12.6. The number of carbonyl (C=O) groups excluding carboxylic acids is 1. The van der Waals surface area contributed by atoms with Crippen molar-refractivity contribution in [3.05, 3.63) is 87.4 Å². The molecule has 5 nitrogen and oxygen atoms in total. The summed E-state index contributed by atoms with van der Waals surface area (Å²) >= 11 is 10.9. The third-order valence-corrected chi connectivity index (χ3v) is 6.91. The van der Waals surface area contributed by atoms with Gasteiger partial charge in [-0.3, -0.25) is 9.36 Å². The number of nitrogens with zero attached hydrogens (tertiary/aromatic N) is 3. The smallest absolute Gasteiger partial charge is 0.234 e. The van der Waals surface area contributed by atoms with Gasteiger partial charge in [-0.2, -0.15) is 0 Å². The number of anilines is 1. The number of amides is 1. The minimum Gasteiger partial charge on any atom is -0.324 e. The molecule has 0 aliphatic heterocycles. The molecule has 0 saturated carbocycles. The molecule has 0 aliphatic rings. The van der Waals surface area contributed by atoms with E-state index in [-0.39, 0.29) is 11.7 Å². The molecule has 4 aromatic rings. The molecule has 168 valence electrons. The topological polar surface area (TPSA) is 59.8 Å². The Bertz CT molecular complexity index is 1270. The molecule has 1 N–H and O–H groups in total. The van der Waals surface area contributed by atoms with Crippen LogP contribution in [0.4, 0.5) is 5.69 Å². The van der Waals surface area contributed by atoms with E-state index in [0.29, 0.717) is 16.0 Å². The van der Waals surface area contributed by atoms with Gasteiger partial charge in [0.15, 0.2) is 11.0 Å². The molecule has 33 heavy (non-hydrogen) atoms. The van der Waals surface area contributed by atoms with E-state index in [0.717, 1.165) is 33.4 Å². The zero-order chi connectivity index (χ0) is 23.4. The van der Waals surface area contributed by atoms with Gasteiger partial charge in [0.1, 0.15) is 0 Å². The number of aromatic nitrogens is 3. The van der Waals surface area contributed by atoms with Crippen LogP contribution < -0.4 is 5.32 Å². The van der Waals surface area contributed by atoms with Crippen LogP contribution in [-0.2, 0) is 11.2 Å². The molecule has 0 atom stereocenters. The molecule has 0 saturated heterocycles. The highest BCUT2D eigenvalue weighted by Gasteiger charge is 2.18. The molecule has 1 heterocycles. The molecular weight excluding hydrogens is 520 g/mol. The lowest BCUT2D eigenvalue weighted by Gasteiger charge is -2.12. The predicted octanol–water partition coefficient (Wildman–Crippen LogP) is 6.95. The number of benzene rings is 3. The van der Waals surface area contributed by atoms with Crippen LogP contribution in [-0.4, -0.2) is 26.4 Å². The summed E-state index contributed by atoms with van der Waals surface area (Å²) in [6.07, 6.45) is 0.961. The minimum absolute atomic E-state index is 0.117. The number of rotatable bonds is 7. The lowest BCUT2D eigenvalue weighted by molar-refractivity contribution is -0.113. The average Bonchev–Trinajstić information content (AvgIpc) is 3.24. The van der Waals surface area contributed by atoms with Crippen molar-refractivity contribution in [3.63, 3.8) is 0 Å². The van der Waals surface area contributed by atoms with E-state index in [9.17, 15) is 4.79 Å². The first-order chi connectivity index (χ1) is 15.9. The average molecular weight is 542 g/mol. The predicted molar refractivity (Wildman–Crippen MR) is 139 cm³/mol. The first-order valence-electron chi connectivity index (χ1n) is 10.4. The zero-order valence-corrected chi connectivity index (χ0v) is 21.3. The van der Waals surface area contributed by atoms with Crippen LogP contribution in [0.1, 0.15) is 18.1 Å². The summed E-state index contributed by atoms with van der Waals surface area (Å²) in [5, 5.41) is 13.1. The van der Waals surface area contributed by atoms with Gasteiger partial charge in [-0.15, -0.1) is 10.2 Å². The van der Waals surface area contributed by atoms with E-state index in [4.69, 9.17) is 11.6 Å². The highest BCUT2D eigenvalue weighted by atomic mass is 79.9. The quantitative estimate of drug-likeness (QED) is 0.257. The fourth-order valence-electron chi connectivity index (χ4n) is 3.30. The maximum Gasteiger partial charge on any atom is 0.234 e. The van der Waals surface area contributed by atoms with Gasteiger partial charge in [0.05, 0.1) is 11.4 Å². The molecule has 0 radical (unpaired) electrons. The summed E-state index contributed by atoms with van der Waals surface area (Å²) < 4.78 is 2.83. The maximum absolute atomic E-state index is 12.6. The monoisotopic (exact) mass is 540 g/mol. The highest BCUT2D eigenvalue weighted by Crippen LogP contribution is 2.29. The van der Waals surface area contributed by atoms with Gasteiger partial charge in [-0.25, -0.2) is 0 Å². The summed E-state index contributed by atoms with van der Waals surface area (Å²) in [7, 11) is 0. The van der Waals surface area contributed by atoms with Gasteiger partial charge in [-0.1, -0.05) is 48.5 Å². The Hall–Kier alpha value is -2.61. The minimum atomic E-state index is -0.117. The molecular formula is C25H22BrClN4OS. The van der Waals surface area contributed by atoms with Crippen molar-refractivity contribution in [1.29, 1.82) is 0 Å². The van der Waals surface area contributed by atoms with E-state index >= 15 is 0 Å². The second-order valence-electron chi connectivity index (χ2n) is 7.49. The first-order valence-corrected chi connectivity index (χ1v) is 12.6. The lowest BCUT2D eigenvalue weighted by atomic mass is 10.1. The number of nitrogens with one attached hydrogen (secondary N) is 1. The van der Waals surface area contributed by atoms with Crippen molar-refractivity contribution in [2.75, 3.05) is 11.1 Å². The van der Waals surface area contributed by atoms with Gasteiger partial charge in [0, 0.05) is 20.7 Å². The van der Waals surface area contributed by atoms with Crippen molar-refractivity contribution < 1.29 is 4.79 Å². The largest absolute Gasteiger partial charge is 0.324 e. The molecule has 1 aromatic heterocycles. The zero-order valence-electron chi connectivity index (χ0n) is 18.2. The summed E-state index contributed by atoms with van der Waals surface area (Å²) in [5.41, 5.74) is 4.94. The van der Waals surface area contributed by atoms with Crippen LogP contribution in [0, 0.1) is 6.92 Å². The van der Waals surface area contributed by atoms with Crippen LogP contribution in [0.5, 0.6) is 0 Å². The second kappa shape index (κ2) is 10.5. The van der Waals surface area contributed by atoms with Gasteiger partial charge in [0.25, 0.3) is 0 Å². The van der Waals surface area contributed by atoms with E-state index in [1.807, 2.05) is 54.0 Å². The van der Waals surface area contributed by atoms with E-state index in [2.05, 4.69) is 62.6 Å². The number of thioether (sulfide) groups is 1.